The van der Waals surface area contributed by atoms with Gasteiger partial charge in [-0.2, -0.15) is 0 Å². The molecule has 0 saturated carbocycles. The maximum Gasteiger partial charge on any atom is 0.225 e. The molecule has 0 spiro atoms. The van der Waals surface area contributed by atoms with Crippen LogP contribution in [0.15, 0.2) is 18.6 Å². The van der Waals surface area contributed by atoms with Crippen molar-refractivity contribution in [3.05, 3.63) is 24.3 Å². The highest BCUT2D eigenvalue weighted by Crippen LogP contribution is 2.15. The summed E-state index contributed by atoms with van der Waals surface area (Å²) in [5, 5.41) is 6.12. The van der Waals surface area contributed by atoms with Crippen molar-refractivity contribution in [2.75, 3.05) is 13.1 Å². The van der Waals surface area contributed by atoms with E-state index in [-0.39, 0.29) is 11.8 Å². The molecule has 1 fully saturated rings. The fourth-order valence-electron chi connectivity index (χ4n) is 1.89. The largest absolute Gasteiger partial charge is 0.350 e. The molecule has 0 unspecified atom stereocenters. The van der Waals surface area contributed by atoms with Crippen LogP contribution in [0.4, 0.5) is 0 Å². The molecule has 2 heterocycles. The van der Waals surface area contributed by atoms with Gasteiger partial charge in [0.15, 0.2) is 0 Å². The van der Waals surface area contributed by atoms with Crippen LogP contribution < -0.4 is 10.6 Å². The lowest BCUT2D eigenvalue weighted by molar-refractivity contribution is -0.125. The number of carbonyl (C=O) groups is 1. The smallest absolute Gasteiger partial charge is 0.225 e. The second kappa shape index (κ2) is 5.03. The summed E-state index contributed by atoms with van der Waals surface area (Å²) >= 11 is 0. The number of hydrogen-bond donors (Lipinski definition) is 2. The summed E-state index contributed by atoms with van der Waals surface area (Å²) in [6.45, 7) is 4.27. The monoisotopic (exact) mass is 220 g/mol. The van der Waals surface area contributed by atoms with E-state index in [1.54, 1.807) is 12.3 Å². The first-order valence-corrected chi connectivity index (χ1v) is 5.50. The molecule has 5 heteroatoms. The van der Waals surface area contributed by atoms with Crippen molar-refractivity contribution >= 4 is 5.91 Å². The minimum Gasteiger partial charge on any atom is -0.350 e. The molecule has 0 bridgehead atoms. The molecule has 86 valence electrons. The number of rotatable bonds is 3. The summed E-state index contributed by atoms with van der Waals surface area (Å²) in [5.74, 6) is 0.600. The Morgan fingerprint density at radius 1 is 1.62 bits per heavy atom. The van der Waals surface area contributed by atoms with E-state index in [2.05, 4.69) is 27.5 Å². The Kier molecular flexibility index (Phi) is 3.46. The van der Waals surface area contributed by atoms with Crippen LogP contribution in [0.1, 0.15) is 12.6 Å². The van der Waals surface area contributed by atoms with Gasteiger partial charge in [0.25, 0.3) is 0 Å². The molecule has 1 aliphatic rings. The maximum absolute atomic E-state index is 11.8. The van der Waals surface area contributed by atoms with E-state index in [9.17, 15) is 4.79 Å². The average molecular weight is 220 g/mol. The van der Waals surface area contributed by atoms with Crippen LogP contribution in [0, 0.1) is 11.8 Å². The molecule has 1 aromatic rings. The van der Waals surface area contributed by atoms with Gasteiger partial charge in [0.2, 0.25) is 5.91 Å². The van der Waals surface area contributed by atoms with Crippen LogP contribution in [0.5, 0.6) is 0 Å². The summed E-state index contributed by atoms with van der Waals surface area (Å²) in [6.07, 6.45) is 3.16. The lowest BCUT2D eigenvalue weighted by Crippen LogP contribution is -2.34. The first-order valence-electron chi connectivity index (χ1n) is 5.50. The van der Waals surface area contributed by atoms with Gasteiger partial charge in [-0.15, -0.1) is 0 Å². The highest BCUT2D eigenvalue weighted by Gasteiger charge is 2.29. The van der Waals surface area contributed by atoms with Gasteiger partial charge in [0.1, 0.15) is 6.33 Å². The average Bonchev–Trinajstić information content (AvgIpc) is 2.74. The SMILES string of the molecule is C[C@@H]1CNC[C@H]1C(=O)NCc1ccncn1. The zero-order valence-electron chi connectivity index (χ0n) is 9.31. The van der Waals surface area contributed by atoms with Gasteiger partial charge < -0.3 is 10.6 Å². The Bertz CT molecular complexity index is 354. The van der Waals surface area contributed by atoms with Crippen molar-refractivity contribution in [3.63, 3.8) is 0 Å². The van der Waals surface area contributed by atoms with Crippen molar-refractivity contribution in [2.24, 2.45) is 11.8 Å². The number of nitrogens with zero attached hydrogens (tertiary/aromatic N) is 2. The molecular formula is C11H16N4O. The van der Waals surface area contributed by atoms with E-state index in [1.165, 1.54) is 6.33 Å². The Morgan fingerprint density at radius 2 is 2.50 bits per heavy atom. The van der Waals surface area contributed by atoms with Crippen molar-refractivity contribution in [1.82, 2.24) is 20.6 Å². The third-order valence-electron chi connectivity index (χ3n) is 2.94. The lowest BCUT2D eigenvalue weighted by atomic mass is 9.97. The van der Waals surface area contributed by atoms with E-state index >= 15 is 0 Å². The molecular weight excluding hydrogens is 204 g/mol. The molecule has 1 amide bonds. The van der Waals surface area contributed by atoms with Crippen LogP contribution in [0.2, 0.25) is 0 Å². The minimum atomic E-state index is 0.0850. The van der Waals surface area contributed by atoms with E-state index in [0.717, 1.165) is 18.8 Å². The summed E-state index contributed by atoms with van der Waals surface area (Å²) in [6, 6.07) is 1.80. The summed E-state index contributed by atoms with van der Waals surface area (Å²) < 4.78 is 0. The Labute approximate surface area is 94.7 Å². The normalized spacial score (nSPS) is 24.3. The second-order valence-electron chi connectivity index (χ2n) is 4.16. The highest BCUT2D eigenvalue weighted by atomic mass is 16.1. The molecule has 0 aliphatic carbocycles. The van der Waals surface area contributed by atoms with Gasteiger partial charge in [-0.3, -0.25) is 4.79 Å². The molecule has 16 heavy (non-hydrogen) atoms. The summed E-state index contributed by atoms with van der Waals surface area (Å²) in [5.41, 5.74) is 0.835. The molecule has 0 radical (unpaired) electrons. The number of carbonyl (C=O) groups excluding carboxylic acids is 1. The fourth-order valence-corrected chi connectivity index (χ4v) is 1.89. The number of nitrogens with one attached hydrogen (secondary N) is 2. The Morgan fingerprint density at radius 3 is 3.12 bits per heavy atom. The number of aromatic nitrogens is 2. The van der Waals surface area contributed by atoms with Crippen LogP contribution in [-0.2, 0) is 11.3 Å². The highest BCUT2D eigenvalue weighted by molar-refractivity contribution is 5.79. The van der Waals surface area contributed by atoms with Crippen LogP contribution in [0.25, 0.3) is 0 Å². The quantitative estimate of drug-likeness (QED) is 0.749. The molecule has 1 aliphatic heterocycles. The first-order chi connectivity index (χ1) is 7.77. The van der Waals surface area contributed by atoms with Crippen LogP contribution in [0.3, 0.4) is 0 Å². The van der Waals surface area contributed by atoms with Crippen molar-refractivity contribution in [3.8, 4) is 0 Å². The molecule has 2 rings (SSSR count). The van der Waals surface area contributed by atoms with Crippen LogP contribution in [-0.4, -0.2) is 29.0 Å². The second-order valence-corrected chi connectivity index (χ2v) is 4.16. The van der Waals surface area contributed by atoms with Gasteiger partial charge >= 0.3 is 0 Å². The summed E-state index contributed by atoms with van der Waals surface area (Å²) in [4.78, 5) is 19.7. The van der Waals surface area contributed by atoms with Crippen molar-refractivity contribution in [2.45, 2.75) is 13.5 Å². The van der Waals surface area contributed by atoms with E-state index in [0.29, 0.717) is 12.5 Å². The van der Waals surface area contributed by atoms with Crippen molar-refractivity contribution in [1.29, 1.82) is 0 Å². The number of amides is 1. The van der Waals surface area contributed by atoms with Crippen molar-refractivity contribution < 1.29 is 4.79 Å². The fraction of sp³-hybridized carbons (Fsp3) is 0.545. The summed E-state index contributed by atoms with van der Waals surface area (Å²) in [7, 11) is 0. The standard InChI is InChI=1S/C11H16N4O/c1-8-4-13-6-10(8)11(16)14-5-9-2-3-12-7-15-9/h2-3,7-8,10,13H,4-6H2,1H3,(H,14,16)/t8-,10-/m1/s1. The Hall–Kier alpha value is -1.49. The molecule has 2 N–H and O–H groups in total. The molecule has 5 nitrogen and oxygen atoms in total. The third-order valence-corrected chi connectivity index (χ3v) is 2.94. The molecule has 2 atom stereocenters. The van der Waals surface area contributed by atoms with E-state index < -0.39 is 0 Å². The lowest BCUT2D eigenvalue weighted by Gasteiger charge is -2.13. The molecule has 1 saturated heterocycles. The van der Waals surface area contributed by atoms with Gasteiger partial charge in [0, 0.05) is 12.7 Å². The van der Waals surface area contributed by atoms with Crippen LogP contribution >= 0.6 is 0 Å². The third kappa shape index (κ3) is 2.55. The van der Waals surface area contributed by atoms with Gasteiger partial charge in [-0.05, 0) is 18.5 Å². The first kappa shape index (κ1) is 11.0. The minimum absolute atomic E-state index is 0.0850. The predicted octanol–water partition coefficient (Wildman–Crippen LogP) is -0.0517. The number of hydrogen-bond acceptors (Lipinski definition) is 4. The molecule has 0 aromatic carbocycles. The zero-order chi connectivity index (χ0) is 11.4. The molecule has 1 aromatic heterocycles. The Balaban J connectivity index is 1.84. The zero-order valence-corrected chi connectivity index (χ0v) is 9.31. The topological polar surface area (TPSA) is 66.9 Å². The van der Waals surface area contributed by atoms with Gasteiger partial charge in [-0.1, -0.05) is 6.92 Å². The maximum atomic E-state index is 11.8. The van der Waals surface area contributed by atoms with E-state index in [4.69, 9.17) is 0 Å². The predicted molar refractivity (Wildman–Crippen MR) is 59.4 cm³/mol. The van der Waals surface area contributed by atoms with E-state index in [1.807, 2.05) is 0 Å². The van der Waals surface area contributed by atoms with Gasteiger partial charge in [0.05, 0.1) is 18.2 Å². The van der Waals surface area contributed by atoms with Gasteiger partial charge in [-0.25, -0.2) is 9.97 Å².